The van der Waals surface area contributed by atoms with Gasteiger partial charge in [0.2, 0.25) is 0 Å². The van der Waals surface area contributed by atoms with Crippen molar-refractivity contribution in [2.24, 2.45) is 0 Å². The zero-order valence-corrected chi connectivity index (χ0v) is 14.1. The van der Waals surface area contributed by atoms with E-state index in [1.807, 2.05) is 22.7 Å². The summed E-state index contributed by atoms with van der Waals surface area (Å²) >= 11 is 9.45. The SMILES string of the molecule is Cc1cc(C(OCCCl)c2cc(C)sc2C)c(C)s1. The average Bonchev–Trinajstić information content (AvgIpc) is 2.83. The van der Waals surface area contributed by atoms with Crippen LogP contribution < -0.4 is 0 Å². The molecule has 0 amide bonds. The third kappa shape index (κ3) is 3.40. The third-order valence-corrected chi connectivity index (χ3v) is 5.20. The van der Waals surface area contributed by atoms with Gasteiger partial charge in [0.15, 0.2) is 0 Å². The van der Waals surface area contributed by atoms with E-state index in [0.29, 0.717) is 12.5 Å². The maximum atomic E-state index is 6.03. The smallest absolute Gasteiger partial charge is 0.110 e. The minimum atomic E-state index is 0.0219. The number of hydrogen-bond acceptors (Lipinski definition) is 3. The number of rotatable bonds is 5. The number of alkyl halides is 1. The summed E-state index contributed by atoms with van der Waals surface area (Å²) in [6.45, 7) is 9.20. The summed E-state index contributed by atoms with van der Waals surface area (Å²) in [7, 11) is 0. The number of ether oxygens (including phenoxy) is 1. The van der Waals surface area contributed by atoms with Crippen molar-refractivity contribution in [1.29, 1.82) is 0 Å². The maximum Gasteiger partial charge on any atom is 0.110 e. The van der Waals surface area contributed by atoms with Crippen LogP contribution in [0.15, 0.2) is 12.1 Å². The number of hydrogen-bond donors (Lipinski definition) is 0. The molecular weight excluding hydrogens is 296 g/mol. The van der Waals surface area contributed by atoms with E-state index in [9.17, 15) is 0 Å². The van der Waals surface area contributed by atoms with E-state index in [1.54, 1.807) is 0 Å². The van der Waals surface area contributed by atoms with Crippen molar-refractivity contribution in [1.82, 2.24) is 0 Å². The lowest BCUT2D eigenvalue weighted by molar-refractivity contribution is 0.0927. The molecule has 2 heterocycles. The van der Waals surface area contributed by atoms with E-state index in [-0.39, 0.29) is 6.10 Å². The monoisotopic (exact) mass is 314 g/mol. The van der Waals surface area contributed by atoms with Crippen LogP contribution >= 0.6 is 34.3 Å². The van der Waals surface area contributed by atoms with Crippen LogP contribution in [0.4, 0.5) is 0 Å². The summed E-state index contributed by atoms with van der Waals surface area (Å²) in [5.41, 5.74) is 2.57. The van der Waals surface area contributed by atoms with Crippen LogP contribution in [-0.4, -0.2) is 12.5 Å². The lowest BCUT2D eigenvalue weighted by Crippen LogP contribution is -2.08. The summed E-state index contributed by atoms with van der Waals surface area (Å²) in [5, 5.41) is 0. The Morgan fingerprint density at radius 1 is 1.00 bits per heavy atom. The van der Waals surface area contributed by atoms with E-state index in [0.717, 1.165) is 0 Å². The van der Waals surface area contributed by atoms with Gasteiger partial charge in [-0.15, -0.1) is 34.3 Å². The lowest BCUT2D eigenvalue weighted by atomic mass is 10.0. The normalized spacial score (nSPS) is 11.5. The van der Waals surface area contributed by atoms with Crippen LogP contribution in [0.3, 0.4) is 0 Å². The standard InChI is InChI=1S/C15H19ClOS2/c1-9-7-13(11(3)18-9)15(17-6-5-16)14-8-10(2)19-12(14)4/h7-8,15H,5-6H2,1-4H3. The summed E-state index contributed by atoms with van der Waals surface area (Å²) in [6.07, 6.45) is 0.0219. The van der Waals surface area contributed by atoms with E-state index in [2.05, 4.69) is 39.8 Å². The average molecular weight is 315 g/mol. The van der Waals surface area contributed by atoms with Gasteiger partial charge in [0.25, 0.3) is 0 Å². The van der Waals surface area contributed by atoms with Crippen molar-refractivity contribution < 1.29 is 4.74 Å². The summed E-state index contributed by atoms with van der Waals surface area (Å²) in [5.74, 6) is 0.529. The largest absolute Gasteiger partial charge is 0.367 e. The molecule has 0 aromatic carbocycles. The summed E-state index contributed by atoms with van der Waals surface area (Å²) in [4.78, 5) is 5.33. The molecule has 2 aromatic rings. The summed E-state index contributed by atoms with van der Waals surface area (Å²) < 4.78 is 6.03. The topological polar surface area (TPSA) is 9.23 Å². The fourth-order valence-electron chi connectivity index (χ4n) is 2.33. The van der Waals surface area contributed by atoms with Crippen LogP contribution in [0.5, 0.6) is 0 Å². The highest BCUT2D eigenvalue weighted by Crippen LogP contribution is 2.37. The minimum Gasteiger partial charge on any atom is -0.367 e. The molecule has 0 aliphatic heterocycles. The predicted octanol–water partition coefficient (Wildman–Crippen LogP) is 5.39. The van der Waals surface area contributed by atoms with Gasteiger partial charge in [0, 0.05) is 25.4 Å². The molecule has 2 aromatic heterocycles. The van der Waals surface area contributed by atoms with Crippen molar-refractivity contribution in [3.8, 4) is 0 Å². The van der Waals surface area contributed by atoms with Gasteiger partial charge in [0.1, 0.15) is 6.10 Å². The Bertz CT molecular complexity index is 510. The Labute approximate surface area is 128 Å². The van der Waals surface area contributed by atoms with Gasteiger partial charge >= 0.3 is 0 Å². The first-order valence-electron chi connectivity index (χ1n) is 6.34. The zero-order valence-electron chi connectivity index (χ0n) is 11.7. The third-order valence-electron chi connectivity index (χ3n) is 3.09. The van der Waals surface area contributed by atoms with Gasteiger partial charge in [-0.3, -0.25) is 0 Å². The molecule has 0 radical (unpaired) electrons. The molecule has 19 heavy (non-hydrogen) atoms. The van der Waals surface area contributed by atoms with E-state index < -0.39 is 0 Å². The molecule has 0 atom stereocenters. The van der Waals surface area contributed by atoms with Gasteiger partial charge in [-0.2, -0.15) is 0 Å². The molecule has 0 aliphatic carbocycles. The first kappa shape index (κ1) is 15.0. The Hall–Kier alpha value is -0.350. The van der Waals surface area contributed by atoms with Gasteiger partial charge in [-0.25, -0.2) is 0 Å². The molecule has 0 bridgehead atoms. The predicted molar refractivity (Wildman–Crippen MR) is 86.1 cm³/mol. The Kier molecular flexibility index (Phi) is 5.07. The van der Waals surface area contributed by atoms with Crippen molar-refractivity contribution in [3.05, 3.63) is 42.8 Å². The van der Waals surface area contributed by atoms with E-state index in [1.165, 1.54) is 30.6 Å². The highest BCUT2D eigenvalue weighted by Gasteiger charge is 2.21. The fraction of sp³-hybridized carbons (Fsp3) is 0.467. The first-order valence-corrected chi connectivity index (χ1v) is 8.51. The molecule has 1 nitrogen and oxygen atoms in total. The van der Waals surface area contributed by atoms with Crippen LogP contribution in [-0.2, 0) is 4.74 Å². The second-order valence-corrected chi connectivity index (χ2v) is 7.98. The first-order chi connectivity index (χ1) is 9.02. The molecule has 0 saturated heterocycles. The Balaban J connectivity index is 2.41. The fourth-order valence-corrected chi connectivity index (χ4v) is 4.33. The number of aryl methyl sites for hydroxylation is 4. The molecular formula is C15H19ClOS2. The zero-order chi connectivity index (χ0) is 14.0. The molecule has 0 N–H and O–H groups in total. The molecule has 104 valence electrons. The quantitative estimate of drug-likeness (QED) is 0.672. The number of thiophene rings is 2. The molecule has 0 saturated carbocycles. The van der Waals surface area contributed by atoms with Crippen LogP contribution in [0.2, 0.25) is 0 Å². The molecule has 0 aliphatic rings. The second kappa shape index (κ2) is 6.40. The highest BCUT2D eigenvalue weighted by atomic mass is 35.5. The number of halogens is 1. The van der Waals surface area contributed by atoms with Crippen LogP contribution in [0.1, 0.15) is 36.7 Å². The molecule has 2 rings (SSSR count). The lowest BCUT2D eigenvalue weighted by Gasteiger charge is -2.18. The van der Waals surface area contributed by atoms with Gasteiger partial charge < -0.3 is 4.74 Å². The van der Waals surface area contributed by atoms with E-state index >= 15 is 0 Å². The Morgan fingerprint density at radius 3 is 1.79 bits per heavy atom. The van der Waals surface area contributed by atoms with Crippen LogP contribution in [0, 0.1) is 27.7 Å². The Morgan fingerprint density at radius 2 is 1.47 bits per heavy atom. The molecule has 0 fully saturated rings. The highest BCUT2D eigenvalue weighted by molar-refractivity contribution is 7.12. The molecule has 0 unspecified atom stereocenters. The minimum absolute atomic E-state index is 0.0219. The van der Waals surface area contributed by atoms with Gasteiger partial charge in [0.05, 0.1) is 6.61 Å². The molecule has 0 spiro atoms. The van der Waals surface area contributed by atoms with Gasteiger partial charge in [-0.05, 0) is 51.0 Å². The molecule has 4 heteroatoms. The summed E-state index contributed by atoms with van der Waals surface area (Å²) in [6, 6.07) is 4.48. The van der Waals surface area contributed by atoms with Crippen molar-refractivity contribution in [3.63, 3.8) is 0 Å². The van der Waals surface area contributed by atoms with Crippen LogP contribution in [0.25, 0.3) is 0 Å². The van der Waals surface area contributed by atoms with E-state index in [4.69, 9.17) is 16.3 Å². The van der Waals surface area contributed by atoms with Crippen molar-refractivity contribution in [2.75, 3.05) is 12.5 Å². The maximum absolute atomic E-state index is 6.03. The second-order valence-electron chi connectivity index (χ2n) is 4.68. The van der Waals surface area contributed by atoms with Crippen molar-refractivity contribution in [2.45, 2.75) is 33.8 Å². The van der Waals surface area contributed by atoms with Crippen molar-refractivity contribution >= 4 is 34.3 Å². The van der Waals surface area contributed by atoms with Gasteiger partial charge in [-0.1, -0.05) is 0 Å².